The van der Waals surface area contributed by atoms with Crippen LogP contribution in [0.5, 0.6) is 0 Å². The average Bonchev–Trinajstić information content (AvgIpc) is 3.24. The molecule has 1 amide bonds. The highest BCUT2D eigenvalue weighted by atomic mass is 32.1. The standard InChI is InChI=1S/C28H44FN5OS/c1-17(2)27(31)34(21(6)30)24-15-18(3)33(19(4)16-24)14-13-25(26-12-7-20(5)36-26)32-28(35)22-8-10-23(29)11-9-22/h7,12,17,19,22-25,30-31H,3,8-11,13-16H2,1-2,4-6H3,(H,32,35)/t19?,22?,23?,24?,25-/m0/s1. The second-order valence-corrected chi connectivity index (χ2v) is 12.3. The van der Waals surface area contributed by atoms with E-state index in [4.69, 9.17) is 10.8 Å². The molecular formula is C28H44FN5OS. The number of nitrogens with zero attached hydrogens (tertiary/aromatic N) is 2. The topological polar surface area (TPSA) is 83.3 Å². The minimum absolute atomic E-state index is 0.0489. The lowest BCUT2D eigenvalue weighted by molar-refractivity contribution is -0.127. The first kappa shape index (κ1) is 28.4. The molecule has 3 atom stereocenters. The SMILES string of the molecule is C=C1CC(N(C(C)=N)C(=N)C(C)C)CC(C)N1CC[C@H](NC(=O)C1CCC(F)CC1)c1ccc(C)s1. The molecule has 3 N–H and O–H groups in total. The van der Waals surface area contributed by atoms with Gasteiger partial charge in [-0.25, -0.2) is 4.39 Å². The average molecular weight is 518 g/mol. The van der Waals surface area contributed by atoms with E-state index < -0.39 is 6.17 Å². The van der Waals surface area contributed by atoms with Crippen molar-refractivity contribution in [1.29, 1.82) is 10.8 Å². The summed E-state index contributed by atoms with van der Waals surface area (Å²) in [5, 5.41) is 20.1. The Kier molecular flexibility index (Phi) is 9.72. The lowest BCUT2D eigenvalue weighted by Crippen LogP contribution is -2.52. The third-order valence-corrected chi connectivity index (χ3v) is 8.78. The van der Waals surface area contributed by atoms with Crippen LogP contribution in [0.3, 0.4) is 0 Å². The molecule has 1 aliphatic carbocycles. The summed E-state index contributed by atoms with van der Waals surface area (Å²) in [5.41, 5.74) is 1.02. The van der Waals surface area contributed by atoms with Crippen molar-refractivity contribution in [3.63, 3.8) is 0 Å². The van der Waals surface area contributed by atoms with Crippen LogP contribution in [-0.4, -0.2) is 52.2 Å². The number of piperidine rings is 1. The number of alkyl halides is 1. The van der Waals surface area contributed by atoms with Crippen molar-refractivity contribution in [3.05, 3.63) is 34.2 Å². The molecule has 0 bridgehead atoms. The number of hydrogen-bond donors (Lipinski definition) is 3. The number of carbonyl (C=O) groups is 1. The van der Waals surface area contributed by atoms with Crippen molar-refractivity contribution in [2.75, 3.05) is 6.54 Å². The fourth-order valence-corrected chi connectivity index (χ4v) is 6.57. The summed E-state index contributed by atoms with van der Waals surface area (Å²) in [6.45, 7) is 15.2. The summed E-state index contributed by atoms with van der Waals surface area (Å²) in [4.78, 5) is 19.6. The van der Waals surface area contributed by atoms with Crippen molar-refractivity contribution < 1.29 is 9.18 Å². The van der Waals surface area contributed by atoms with E-state index in [1.165, 1.54) is 4.88 Å². The molecular weight excluding hydrogens is 473 g/mol. The predicted octanol–water partition coefficient (Wildman–Crippen LogP) is 6.43. The van der Waals surface area contributed by atoms with E-state index in [0.29, 0.717) is 37.4 Å². The molecule has 2 fully saturated rings. The molecule has 0 spiro atoms. The van der Waals surface area contributed by atoms with Gasteiger partial charge in [0.15, 0.2) is 0 Å². The third kappa shape index (κ3) is 6.96. The van der Waals surface area contributed by atoms with Gasteiger partial charge in [-0.3, -0.25) is 15.6 Å². The normalized spacial score (nSPS) is 25.5. The van der Waals surface area contributed by atoms with Gasteiger partial charge in [-0.1, -0.05) is 20.4 Å². The van der Waals surface area contributed by atoms with Gasteiger partial charge in [-0.15, -0.1) is 11.3 Å². The van der Waals surface area contributed by atoms with E-state index in [2.05, 4.69) is 42.8 Å². The van der Waals surface area contributed by atoms with Crippen LogP contribution in [0.4, 0.5) is 4.39 Å². The maximum absolute atomic E-state index is 13.6. The molecule has 0 aromatic carbocycles. The van der Waals surface area contributed by atoms with Gasteiger partial charge in [-0.2, -0.15) is 0 Å². The van der Waals surface area contributed by atoms with Gasteiger partial charge in [0, 0.05) is 52.3 Å². The van der Waals surface area contributed by atoms with Gasteiger partial charge in [0.2, 0.25) is 5.91 Å². The largest absolute Gasteiger partial charge is 0.372 e. The zero-order valence-corrected chi connectivity index (χ0v) is 23.4. The number of carbonyl (C=O) groups excluding carboxylic acids is 1. The number of amidine groups is 2. The van der Waals surface area contributed by atoms with E-state index in [9.17, 15) is 9.18 Å². The third-order valence-electron chi connectivity index (χ3n) is 7.66. The summed E-state index contributed by atoms with van der Waals surface area (Å²) in [6.07, 6.45) is 3.78. The van der Waals surface area contributed by atoms with Crippen LogP contribution < -0.4 is 5.32 Å². The smallest absolute Gasteiger partial charge is 0.223 e. The molecule has 6 nitrogen and oxygen atoms in total. The number of hydrogen-bond acceptors (Lipinski definition) is 5. The Bertz CT molecular complexity index is 951. The maximum Gasteiger partial charge on any atom is 0.223 e. The number of rotatable bonds is 8. The molecule has 1 aromatic heterocycles. The van der Waals surface area contributed by atoms with Gasteiger partial charge < -0.3 is 15.1 Å². The zero-order valence-electron chi connectivity index (χ0n) is 22.6. The Hall–Kier alpha value is -2.22. The molecule has 2 aliphatic rings. The van der Waals surface area contributed by atoms with Crippen LogP contribution >= 0.6 is 11.3 Å². The first-order valence-corrected chi connectivity index (χ1v) is 14.2. The number of nitrogens with one attached hydrogen (secondary N) is 3. The summed E-state index contributed by atoms with van der Waals surface area (Å²) in [5.74, 6) is 0.901. The minimum atomic E-state index is -0.767. The molecule has 1 aromatic rings. The van der Waals surface area contributed by atoms with Crippen LogP contribution in [0.2, 0.25) is 0 Å². The van der Waals surface area contributed by atoms with E-state index >= 15 is 0 Å². The van der Waals surface area contributed by atoms with Gasteiger partial charge in [0.05, 0.1) is 11.9 Å². The quantitative estimate of drug-likeness (QED) is 0.274. The van der Waals surface area contributed by atoms with Crippen LogP contribution in [0, 0.1) is 29.6 Å². The van der Waals surface area contributed by atoms with E-state index in [-0.39, 0.29) is 35.9 Å². The molecule has 36 heavy (non-hydrogen) atoms. The fourth-order valence-electron chi connectivity index (χ4n) is 5.61. The summed E-state index contributed by atoms with van der Waals surface area (Å²) in [7, 11) is 0. The molecule has 1 aliphatic heterocycles. The highest BCUT2D eigenvalue weighted by Gasteiger charge is 2.34. The Morgan fingerprint density at radius 1 is 1.28 bits per heavy atom. The predicted molar refractivity (Wildman–Crippen MR) is 148 cm³/mol. The Morgan fingerprint density at radius 2 is 1.94 bits per heavy atom. The zero-order chi connectivity index (χ0) is 26.6. The lowest BCUT2D eigenvalue weighted by Gasteiger charge is -2.45. The van der Waals surface area contributed by atoms with Crippen molar-refractivity contribution in [2.45, 2.75) is 104 Å². The molecule has 2 unspecified atom stereocenters. The van der Waals surface area contributed by atoms with E-state index in [1.54, 1.807) is 18.3 Å². The Labute approximate surface area is 220 Å². The second-order valence-electron chi connectivity index (χ2n) is 10.9. The summed E-state index contributed by atoms with van der Waals surface area (Å²) >= 11 is 1.72. The fraction of sp³-hybridized carbons (Fsp3) is 0.679. The number of amides is 1. The second kappa shape index (κ2) is 12.3. The molecule has 0 radical (unpaired) electrons. The first-order chi connectivity index (χ1) is 17.0. The molecule has 1 saturated carbocycles. The van der Waals surface area contributed by atoms with Gasteiger partial charge in [-0.05, 0) is 71.4 Å². The minimum Gasteiger partial charge on any atom is -0.372 e. The lowest BCUT2D eigenvalue weighted by atomic mass is 9.87. The first-order valence-electron chi connectivity index (χ1n) is 13.4. The van der Waals surface area contributed by atoms with Gasteiger partial charge in [0.25, 0.3) is 0 Å². The van der Waals surface area contributed by atoms with Crippen LogP contribution in [0.15, 0.2) is 24.4 Å². The monoisotopic (exact) mass is 517 g/mol. The summed E-state index contributed by atoms with van der Waals surface area (Å²) in [6, 6.07) is 4.41. The molecule has 3 rings (SSSR count). The van der Waals surface area contributed by atoms with Crippen LogP contribution in [0.1, 0.15) is 88.4 Å². The Balaban J connectivity index is 1.66. The van der Waals surface area contributed by atoms with Gasteiger partial charge in [0.1, 0.15) is 12.0 Å². The molecule has 200 valence electrons. The Morgan fingerprint density at radius 3 is 2.47 bits per heavy atom. The van der Waals surface area contributed by atoms with Crippen molar-refractivity contribution >= 4 is 28.9 Å². The highest BCUT2D eigenvalue weighted by Crippen LogP contribution is 2.33. The molecule has 8 heteroatoms. The number of halogens is 1. The van der Waals surface area contributed by atoms with Crippen LogP contribution in [-0.2, 0) is 4.79 Å². The van der Waals surface area contributed by atoms with E-state index in [0.717, 1.165) is 36.4 Å². The van der Waals surface area contributed by atoms with Crippen molar-refractivity contribution in [1.82, 2.24) is 15.1 Å². The van der Waals surface area contributed by atoms with Crippen molar-refractivity contribution in [2.24, 2.45) is 11.8 Å². The van der Waals surface area contributed by atoms with Crippen LogP contribution in [0.25, 0.3) is 0 Å². The van der Waals surface area contributed by atoms with Gasteiger partial charge >= 0.3 is 0 Å². The molecule has 1 saturated heterocycles. The van der Waals surface area contributed by atoms with E-state index in [1.807, 2.05) is 18.7 Å². The number of aryl methyl sites for hydroxylation is 1. The summed E-state index contributed by atoms with van der Waals surface area (Å²) < 4.78 is 13.6. The maximum atomic E-state index is 13.6. The number of likely N-dealkylation sites (tertiary alicyclic amines) is 1. The highest BCUT2D eigenvalue weighted by molar-refractivity contribution is 7.12. The number of thiophene rings is 1. The molecule has 2 heterocycles. The van der Waals surface area contributed by atoms with Crippen molar-refractivity contribution in [3.8, 4) is 0 Å².